The fourth-order valence-corrected chi connectivity index (χ4v) is 4.72. The summed E-state index contributed by atoms with van der Waals surface area (Å²) < 4.78 is 0. The van der Waals surface area contributed by atoms with Crippen molar-refractivity contribution in [2.75, 3.05) is 0 Å². The average molecular weight is 353 g/mol. The van der Waals surface area contributed by atoms with Crippen molar-refractivity contribution in [1.29, 1.82) is 0 Å². The molecule has 0 radical (unpaired) electrons. The number of H-pyrrole nitrogens is 1. The highest BCUT2D eigenvalue weighted by Crippen LogP contribution is 2.43. The Kier molecular flexibility index (Phi) is 3.65. The molecule has 126 valence electrons. The summed E-state index contributed by atoms with van der Waals surface area (Å²) in [4.78, 5) is 3.51. The van der Waals surface area contributed by atoms with E-state index < -0.39 is 0 Å². The summed E-state index contributed by atoms with van der Waals surface area (Å²) in [5.74, 6) is 0. The molecule has 4 aromatic rings. The number of rotatable bonds is 3. The third-order valence-electron chi connectivity index (χ3n) is 5.40. The van der Waals surface area contributed by atoms with Crippen LogP contribution in [0.3, 0.4) is 0 Å². The molecule has 2 aromatic carbocycles. The smallest absolute Gasteiger partial charge is 0.0538 e. The normalized spacial score (nSPS) is 14.9. The van der Waals surface area contributed by atoms with E-state index in [0.29, 0.717) is 0 Å². The van der Waals surface area contributed by atoms with Crippen LogP contribution in [0.5, 0.6) is 0 Å². The lowest BCUT2D eigenvalue weighted by molar-refractivity contribution is 0.634. The summed E-state index contributed by atoms with van der Waals surface area (Å²) >= 11 is 1.74. The van der Waals surface area contributed by atoms with E-state index in [1.165, 1.54) is 33.5 Å². The van der Waals surface area contributed by atoms with Crippen LogP contribution in [0.1, 0.15) is 22.3 Å². The molecule has 0 amide bonds. The second-order valence-electron chi connectivity index (χ2n) is 6.83. The first-order chi connectivity index (χ1) is 12.9. The van der Waals surface area contributed by atoms with Gasteiger partial charge in [0.25, 0.3) is 0 Å². The van der Waals surface area contributed by atoms with Crippen molar-refractivity contribution < 1.29 is 0 Å². The number of hydrogen-bond acceptors (Lipinski definition) is 1. The van der Waals surface area contributed by atoms with Gasteiger partial charge < -0.3 is 4.98 Å². The molecule has 1 nitrogen and oxygen atoms in total. The molecule has 0 saturated carbocycles. The zero-order chi connectivity index (χ0) is 17.4. The molecule has 2 heteroatoms. The molecule has 1 N–H and O–H groups in total. The molecule has 1 aliphatic carbocycles. The van der Waals surface area contributed by atoms with Gasteiger partial charge in [0.2, 0.25) is 0 Å². The van der Waals surface area contributed by atoms with E-state index in [4.69, 9.17) is 0 Å². The zero-order valence-corrected chi connectivity index (χ0v) is 15.2. The molecule has 26 heavy (non-hydrogen) atoms. The number of nitrogens with one attached hydrogen (secondary N) is 1. The molecule has 0 atom stereocenters. The lowest BCUT2D eigenvalue weighted by atomic mass is 9.68. The Hall–Kier alpha value is -2.84. The number of hydrogen-bond donors (Lipinski definition) is 1. The monoisotopic (exact) mass is 353 g/mol. The molecular weight excluding hydrogens is 334 g/mol. The van der Waals surface area contributed by atoms with E-state index in [-0.39, 0.29) is 5.41 Å². The van der Waals surface area contributed by atoms with Crippen molar-refractivity contribution in [2.24, 2.45) is 0 Å². The van der Waals surface area contributed by atoms with E-state index >= 15 is 0 Å². The second-order valence-corrected chi connectivity index (χ2v) is 7.61. The molecule has 2 aromatic heterocycles. The summed E-state index contributed by atoms with van der Waals surface area (Å²) in [6.45, 7) is 0. The van der Waals surface area contributed by atoms with Crippen molar-refractivity contribution >= 4 is 17.4 Å². The number of aromatic amines is 1. The molecule has 5 rings (SSSR count). The Bertz CT molecular complexity index is 1000. The van der Waals surface area contributed by atoms with Gasteiger partial charge in [0.15, 0.2) is 0 Å². The van der Waals surface area contributed by atoms with Crippen LogP contribution >= 0.6 is 11.3 Å². The van der Waals surface area contributed by atoms with Gasteiger partial charge in [0.05, 0.1) is 5.69 Å². The Morgan fingerprint density at radius 1 is 0.846 bits per heavy atom. The van der Waals surface area contributed by atoms with E-state index in [2.05, 4.69) is 101 Å². The van der Waals surface area contributed by atoms with Crippen LogP contribution in [0.15, 0.2) is 89.8 Å². The van der Waals surface area contributed by atoms with Crippen LogP contribution in [-0.2, 0) is 11.8 Å². The summed E-state index contributed by atoms with van der Waals surface area (Å²) in [5.41, 5.74) is 7.76. The van der Waals surface area contributed by atoms with Gasteiger partial charge >= 0.3 is 0 Å². The van der Waals surface area contributed by atoms with E-state index in [1.807, 2.05) is 0 Å². The zero-order valence-electron chi connectivity index (χ0n) is 14.4. The topological polar surface area (TPSA) is 15.8 Å². The van der Waals surface area contributed by atoms with Crippen molar-refractivity contribution in [2.45, 2.75) is 11.8 Å². The minimum absolute atomic E-state index is 0.121. The number of allylic oxidation sites excluding steroid dienone is 1. The summed E-state index contributed by atoms with van der Waals surface area (Å²) in [6.07, 6.45) is 7.85. The molecular formula is C24H19NS. The lowest BCUT2D eigenvalue weighted by Gasteiger charge is -2.35. The van der Waals surface area contributed by atoms with Crippen molar-refractivity contribution in [3.8, 4) is 11.3 Å². The van der Waals surface area contributed by atoms with Gasteiger partial charge in [-0.2, -0.15) is 11.3 Å². The summed E-state index contributed by atoms with van der Waals surface area (Å²) in [7, 11) is 0. The van der Waals surface area contributed by atoms with E-state index in [1.54, 1.807) is 11.3 Å². The summed E-state index contributed by atoms with van der Waals surface area (Å²) in [6, 6.07) is 23.9. The molecule has 0 saturated heterocycles. The first kappa shape index (κ1) is 15.4. The fourth-order valence-electron chi connectivity index (χ4n) is 4.08. The van der Waals surface area contributed by atoms with Gasteiger partial charge in [-0.25, -0.2) is 0 Å². The maximum absolute atomic E-state index is 3.51. The van der Waals surface area contributed by atoms with Crippen LogP contribution in [0.25, 0.3) is 17.3 Å². The highest BCUT2D eigenvalue weighted by Gasteiger charge is 2.35. The van der Waals surface area contributed by atoms with E-state index in [9.17, 15) is 0 Å². The number of benzene rings is 2. The molecule has 1 aliphatic rings. The molecule has 0 bridgehead atoms. The predicted octanol–water partition coefficient (Wildman–Crippen LogP) is 6.30. The van der Waals surface area contributed by atoms with Crippen LogP contribution < -0.4 is 0 Å². The minimum atomic E-state index is -0.121. The van der Waals surface area contributed by atoms with Crippen LogP contribution in [0.4, 0.5) is 0 Å². The Balaban J connectivity index is 1.67. The van der Waals surface area contributed by atoms with Crippen LogP contribution in [0.2, 0.25) is 0 Å². The maximum Gasteiger partial charge on any atom is 0.0538 e. The largest absolute Gasteiger partial charge is 0.360 e. The fraction of sp³-hybridized carbons (Fsp3) is 0.0833. The van der Waals surface area contributed by atoms with Crippen LogP contribution in [0, 0.1) is 0 Å². The first-order valence-corrected chi connectivity index (χ1v) is 9.84. The van der Waals surface area contributed by atoms with Gasteiger partial charge in [-0.05, 0) is 34.6 Å². The summed E-state index contributed by atoms with van der Waals surface area (Å²) in [5, 5.41) is 4.34. The number of fused-ring (bicyclic) bond motifs is 1. The highest BCUT2D eigenvalue weighted by molar-refractivity contribution is 7.08. The maximum atomic E-state index is 3.51. The van der Waals surface area contributed by atoms with Gasteiger partial charge in [-0.3, -0.25) is 0 Å². The first-order valence-electron chi connectivity index (χ1n) is 8.90. The van der Waals surface area contributed by atoms with Gasteiger partial charge in [-0.15, -0.1) is 0 Å². The van der Waals surface area contributed by atoms with Gasteiger partial charge in [0, 0.05) is 28.1 Å². The van der Waals surface area contributed by atoms with Gasteiger partial charge in [-0.1, -0.05) is 72.8 Å². The Labute approximate surface area is 157 Å². The van der Waals surface area contributed by atoms with Crippen molar-refractivity contribution in [3.05, 3.63) is 112 Å². The van der Waals surface area contributed by atoms with Gasteiger partial charge in [0.1, 0.15) is 0 Å². The Morgan fingerprint density at radius 3 is 2.15 bits per heavy atom. The standard InChI is InChI=1S/C24H19NS/c1-3-7-20(8-4-1)24(21-9-5-2-6-10-21)13-11-22-19(15-24)16-25-23(22)18-12-14-26-17-18/h1-14,16-17,25H,15H2. The van der Waals surface area contributed by atoms with Crippen molar-refractivity contribution in [1.82, 2.24) is 4.98 Å². The third kappa shape index (κ3) is 2.38. The molecule has 0 unspecified atom stereocenters. The quantitative estimate of drug-likeness (QED) is 0.445. The highest BCUT2D eigenvalue weighted by atomic mass is 32.1. The lowest BCUT2D eigenvalue weighted by Crippen LogP contribution is -2.30. The van der Waals surface area contributed by atoms with Crippen molar-refractivity contribution in [3.63, 3.8) is 0 Å². The molecule has 2 heterocycles. The SMILES string of the molecule is C1=CC(c2ccccc2)(c2ccccc2)Cc2c[nH]c(-c3ccsc3)c21. The Morgan fingerprint density at radius 2 is 1.54 bits per heavy atom. The molecule has 0 spiro atoms. The molecule has 0 aliphatic heterocycles. The second kappa shape index (κ2) is 6.15. The third-order valence-corrected chi connectivity index (χ3v) is 6.08. The van der Waals surface area contributed by atoms with Crippen LogP contribution in [-0.4, -0.2) is 4.98 Å². The number of aromatic nitrogens is 1. The minimum Gasteiger partial charge on any atom is -0.360 e. The molecule has 0 fully saturated rings. The number of thiophene rings is 1. The van der Waals surface area contributed by atoms with E-state index in [0.717, 1.165) is 6.42 Å². The average Bonchev–Trinajstić information content (AvgIpc) is 3.38. The predicted molar refractivity (Wildman–Crippen MR) is 111 cm³/mol.